The van der Waals surface area contributed by atoms with E-state index in [2.05, 4.69) is 6.92 Å². The van der Waals surface area contributed by atoms with Crippen molar-refractivity contribution in [2.45, 2.75) is 51.2 Å². The maximum atomic E-state index is 11.3. The Labute approximate surface area is 95.3 Å². The van der Waals surface area contributed by atoms with Crippen molar-refractivity contribution < 1.29 is 19.1 Å². The number of esters is 1. The molecular formula is C11H19NO4. The average Bonchev–Trinajstić information content (AvgIpc) is 3.02. The highest BCUT2D eigenvalue weighted by molar-refractivity contribution is 5.91. The first-order chi connectivity index (χ1) is 7.66. The molecule has 1 fully saturated rings. The van der Waals surface area contributed by atoms with Crippen LogP contribution >= 0.6 is 0 Å². The summed E-state index contributed by atoms with van der Waals surface area (Å²) in [5.74, 6) is -1.08. The molecule has 92 valence electrons. The molecule has 1 aliphatic heterocycles. The number of hydrogen-bond acceptors (Lipinski definition) is 4. The normalized spacial score (nSPS) is 22.8. The monoisotopic (exact) mass is 229 g/mol. The molecule has 1 saturated heterocycles. The van der Waals surface area contributed by atoms with Crippen LogP contribution in [0.2, 0.25) is 0 Å². The molecule has 2 unspecified atom stereocenters. The molecule has 0 saturated carbocycles. The van der Waals surface area contributed by atoms with E-state index in [9.17, 15) is 9.59 Å². The number of amides is 1. The van der Waals surface area contributed by atoms with Gasteiger partial charge in [0.05, 0.1) is 6.61 Å². The van der Waals surface area contributed by atoms with E-state index in [0.29, 0.717) is 6.61 Å². The fraction of sp³-hybridized carbons (Fsp3) is 0.818. The summed E-state index contributed by atoms with van der Waals surface area (Å²) in [7, 11) is 0. The highest BCUT2D eigenvalue weighted by Crippen LogP contribution is 2.22. The Morgan fingerprint density at radius 2 is 1.88 bits per heavy atom. The zero-order valence-corrected chi connectivity index (χ0v) is 9.61. The molecule has 0 radical (unpaired) electrons. The number of hydrogen-bond donors (Lipinski definition) is 1. The molecular weight excluding hydrogens is 210 g/mol. The predicted octanol–water partition coefficient (Wildman–Crippen LogP) is 0.753. The standard InChI is InChI=1S/C11H19NO4/c1-2-3-4-5-6-7-15-11(14)9-8(16-9)10(12)13/h8-9H,2-7H2,1H3,(H2,12,13). The van der Waals surface area contributed by atoms with Gasteiger partial charge in [0.25, 0.3) is 0 Å². The number of rotatable bonds is 8. The molecule has 1 amide bonds. The van der Waals surface area contributed by atoms with Gasteiger partial charge in [0.2, 0.25) is 5.91 Å². The maximum absolute atomic E-state index is 11.3. The molecule has 2 atom stereocenters. The van der Waals surface area contributed by atoms with Gasteiger partial charge in [-0.3, -0.25) is 4.79 Å². The molecule has 1 heterocycles. The molecule has 2 N–H and O–H groups in total. The number of unbranched alkanes of at least 4 members (excludes halogenated alkanes) is 4. The Morgan fingerprint density at radius 3 is 2.44 bits per heavy atom. The minimum atomic E-state index is -0.771. The van der Waals surface area contributed by atoms with Gasteiger partial charge >= 0.3 is 5.97 Å². The number of nitrogens with two attached hydrogens (primary N) is 1. The fourth-order valence-corrected chi connectivity index (χ4v) is 1.47. The highest BCUT2D eigenvalue weighted by atomic mass is 16.6. The number of carbonyl (C=O) groups is 2. The van der Waals surface area contributed by atoms with Crippen molar-refractivity contribution in [1.29, 1.82) is 0 Å². The first-order valence-corrected chi connectivity index (χ1v) is 5.78. The van der Waals surface area contributed by atoms with E-state index >= 15 is 0 Å². The quantitative estimate of drug-likeness (QED) is 0.378. The maximum Gasteiger partial charge on any atom is 0.338 e. The van der Waals surface area contributed by atoms with Crippen LogP contribution in [0.15, 0.2) is 0 Å². The summed E-state index contributed by atoms with van der Waals surface area (Å²) in [5.41, 5.74) is 4.96. The van der Waals surface area contributed by atoms with Crippen molar-refractivity contribution in [2.75, 3.05) is 6.61 Å². The van der Waals surface area contributed by atoms with E-state index in [-0.39, 0.29) is 0 Å². The van der Waals surface area contributed by atoms with Crippen LogP contribution in [0.25, 0.3) is 0 Å². The zero-order chi connectivity index (χ0) is 12.0. The van der Waals surface area contributed by atoms with Crippen molar-refractivity contribution in [1.82, 2.24) is 0 Å². The van der Waals surface area contributed by atoms with Gasteiger partial charge in [0, 0.05) is 0 Å². The van der Waals surface area contributed by atoms with Gasteiger partial charge in [-0.15, -0.1) is 0 Å². The van der Waals surface area contributed by atoms with Gasteiger partial charge in [0.1, 0.15) is 0 Å². The number of epoxide rings is 1. The van der Waals surface area contributed by atoms with Crippen LogP contribution in [0.3, 0.4) is 0 Å². The Bertz CT molecular complexity index is 254. The van der Waals surface area contributed by atoms with Crippen LogP contribution in [0.4, 0.5) is 0 Å². The Hall–Kier alpha value is -1.10. The summed E-state index contributed by atoms with van der Waals surface area (Å²) in [4.78, 5) is 21.9. The summed E-state index contributed by atoms with van der Waals surface area (Å²) >= 11 is 0. The van der Waals surface area contributed by atoms with Crippen LogP contribution in [0, 0.1) is 0 Å². The lowest BCUT2D eigenvalue weighted by atomic mass is 10.2. The average molecular weight is 229 g/mol. The minimum Gasteiger partial charge on any atom is -0.464 e. The molecule has 5 nitrogen and oxygen atoms in total. The second kappa shape index (κ2) is 6.48. The molecule has 1 aliphatic rings. The molecule has 0 spiro atoms. The first-order valence-electron chi connectivity index (χ1n) is 5.78. The number of carbonyl (C=O) groups excluding carboxylic acids is 2. The van der Waals surface area contributed by atoms with E-state index in [1.54, 1.807) is 0 Å². The minimum absolute atomic E-state index is 0.397. The van der Waals surface area contributed by atoms with Gasteiger partial charge in [-0.05, 0) is 6.42 Å². The van der Waals surface area contributed by atoms with Gasteiger partial charge in [-0.25, -0.2) is 4.79 Å². The topological polar surface area (TPSA) is 81.9 Å². The molecule has 0 aliphatic carbocycles. The van der Waals surface area contributed by atoms with Gasteiger partial charge in [-0.2, -0.15) is 0 Å². The Kier molecular flexibility index (Phi) is 5.25. The highest BCUT2D eigenvalue weighted by Gasteiger charge is 2.50. The van der Waals surface area contributed by atoms with Crippen molar-refractivity contribution in [2.24, 2.45) is 5.73 Å². The second-order valence-corrected chi connectivity index (χ2v) is 3.96. The van der Waals surface area contributed by atoms with Crippen molar-refractivity contribution in [3.8, 4) is 0 Å². The Morgan fingerprint density at radius 1 is 1.19 bits per heavy atom. The summed E-state index contributed by atoms with van der Waals surface area (Å²) in [6.45, 7) is 2.54. The van der Waals surface area contributed by atoms with Crippen LogP contribution in [0.5, 0.6) is 0 Å². The smallest absolute Gasteiger partial charge is 0.338 e. The van der Waals surface area contributed by atoms with E-state index in [1.165, 1.54) is 12.8 Å². The molecule has 0 bridgehead atoms. The van der Waals surface area contributed by atoms with Crippen molar-refractivity contribution >= 4 is 11.9 Å². The van der Waals surface area contributed by atoms with E-state index in [1.807, 2.05) is 0 Å². The molecule has 16 heavy (non-hydrogen) atoms. The molecule has 0 aromatic rings. The summed E-state index contributed by atoms with van der Waals surface area (Å²) < 4.78 is 9.74. The second-order valence-electron chi connectivity index (χ2n) is 3.96. The molecule has 1 rings (SSSR count). The third kappa shape index (κ3) is 4.18. The SMILES string of the molecule is CCCCCCCOC(=O)C1OC1C(N)=O. The lowest BCUT2D eigenvalue weighted by molar-refractivity contribution is -0.145. The summed E-state index contributed by atoms with van der Waals surface area (Å²) in [5, 5.41) is 0. The van der Waals surface area contributed by atoms with E-state index in [4.69, 9.17) is 15.2 Å². The van der Waals surface area contributed by atoms with Gasteiger partial charge in [-0.1, -0.05) is 32.6 Å². The fourth-order valence-electron chi connectivity index (χ4n) is 1.47. The first kappa shape index (κ1) is 13.0. The molecule has 0 aromatic carbocycles. The molecule has 0 aromatic heterocycles. The Balaban J connectivity index is 1.98. The third-order valence-corrected chi connectivity index (χ3v) is 2.50. The summed E-state index contributed by atoms with van der Waals surface area (Å²) in [6, 6.07) is 0. The summed E-state index contributed by atoms with van der Waals surface area (Å²) in [6.07, 6.45) is 3.96. The lowest BCUT2D eigenvalue weighted by Crippen LogP contribution is -2.24. The third-order valence-electron chi connectivity index (χ3n) is 2.50. The largest absolute Gasteiger partial charge is 0.464 e. The predicted molar refractivity (Wildman–Crippen MR) is 57.6 cm³/mol. The van der Waals surface area contributed by atoms with Gasteiger partial charge < -0.3 is 15.2 Å². The van der Waals surface area contributed by atoms with Crippen LogP contribution in [0.1, 0.15) is 39.0 Å². The lowest BCUT2D eigenvalue weighted by Gasteiger charge is -2.02. The van der Waals surface area contributed by atoms with Crippen LogP contribution < -0.4 is 5.73 Å². The number of ether oxygens (including phenoxy) is 2. The van der Waals surface area contributed by atoms with Gasteiger partial charge in [0.15, 0.2) is 12.2 Å². The number of primary amides is 1. The van der Waals surface area contributed by atoms with Crippen LogP contribution in [-0.4, -0.2) is 30.7 Å². The molecule has 5 heteroatoms. The van der Waals surface area contributed by atoms with E-state index < -0.39 is 24.1 Å². The zero-order valence-electron chi connectivity index (χ0n) is 9.61. The van der Waals surface area contributed by atoms with Crippen LogP contribution in [-0.2, 0) is 19.1 Å². The van der Waals surface area contributed by atoms with Crippen molar-refractivity contribution in [3.05, 3.63) is 0 Å². The van der Waals surface area contributed by atoms with E-state index in [0.717, 1.165) is 19.3 Å². The van der Waals surface area contributed by atoms with Crippen molar-refractivity contribution in [3.63, 3.8) is 0 Å².